The first-order valence-electron chi connectivity index (χ1n) is 11.9. The summed E-state index contributed by atoms with van der Waals surface area (Å²) in [6.07, 6.45) is 3.06. The molecule has 1 N–H and O–H groups in total. The lowest BCUT2D eigenvalue weighted by molar-refractivity contribution is 0.122. The fourth-order valence-electron chi connectivity index (χ4n) is 4.71. The van der Waals surface area contributed by atoms with Gasteiger partial charge in [-0.05, 0) is 37.0 Å². The molecule has 0 spiro atoms. The van der Waals surface area contributed by atoms with Crippen LogP contribution < -0.4 is 15.1 Å². The van der Waals surface area contributed by atoms with Crippen molar-refractivity contribution in [2.45, 2.75) is 32.7 Å². The maximum atomic E-state index is 13.0. The van der Waals surface area contributed by atoms with Crippen LogP contribution in [0.3, 0.4) is 0 Å². The fourth-order valence-corrected chi connectivity index (χ4v) is 4.90. The Labute approximate surface area is 199 Å². The number of aromatic nitrogens is 2. The number of piperidine rings is 1. The highest BCUT2D eigenvalue weighted by Crippen LogP contribution is 2.31. The Bertz CT molecular complexity index is 1000. The maximum absolute atomic E-state index is 13.0. The van der Waals surface area contributed by atoms with Gasteiger partial charge in [-0.2, -0.15) is 4.98 Å². The van der Waals surface area contributed by atoms with E-state index in [1.807, 2.05) is 17.0 Å². The zero-order valence-corrected chi connectivity index (χ0v) is 19.9. The second kappa shape index (κ2) is 9.73. The molecule has 0 unspecified atom stereocenters. The molecule has 33 heavy (non-hydrogen) atoms. The standard InChI is InChI=1S/C24H31ClN6O2/c1-17-5-8-30(9-6-17)23-27-21-7-10-31(24(32)26-19-4-2-3-18(25)15-19)16-20(21)22(28-23)29-11-13-33-14-12-29/h2-4,15,17H,5-14,16H2,1H3,(H,26,32). The Morgan fingerprint density at radius 3 is 2.64 bits per heavy atom. The number of rotatable bonds is 3. The van der Waals surface area contributed by atoms with E-state index in [0.717, 1.165) is 61.5 Å². The van der Waals surface area contributed by atoms with Crippen LogP contribution in [0.5, 0.6) is 0 Å². The molecular weight excluding hydrogens is 440 g/mol. The first-order chi connectivity index (χ1) is 16.1. The van der Waals surface area contributed by atoms with Crippen molar-refractivity contribution < 1.29 is 9.53 Å². The van der Waals surface area contributed by atoms with Crippen LogP contribution in [0.2, 0.25) is 5.02 Å². The van der Waals surface area contributed by atoms with Gasteiger partial charge in [0, 0.05) is 55.4 Å². The number of carbonyl (C=O) groups is 1. The third-order valence-corrected chi connectivity index (χ3v) is 7.00. The van der Waals surface area contributed by atoms with Crippen molar-refractivity contribution in [1.29, 1.82) is 0 Å². The molecule has 1 aromatic heterocycles. The van der Waals surface area contributed by atoms with Crippen LogP contribution in [0, 0.1) is 5.92 Å². The average molecular weight is 471 g/mol. The van der Waals surface area contributed by atoms with E-state index in [1.165, 1.54) is 12.8 Å². The van der Waals surface area contributed by atoms with Gasteiger partial charge in [0.1, 0.15) is 5.82 Å². The van der Waals surface area contributed by atoms with E-state index >= 15 is 0 Å². The average Bonchev–Trinajstić information content (AvgIpc) is 2.84. The molecule has 9 heteroatoms. The van der Waals surface area contributed by atoms with Crippen molar-refractivity contribution in [3.05, 3.63) is 40.5 Å². The van der Waals surface area contributed by atoms with Crippen molar-refractivity contribution in [2.24, 2.45) is 5.92 Å². The summed E-state index contributed by atoms with van der Waals surface area (Å²) in [7, 11) is 0. The second-order valence-corrected chi connectivity index (χ2v) is 9.59. The van der Waals surface area contributed by atoms with Crippen molar-refractivity contribution in [3.8, 4) is 0 Å². The summed E-state index contributed by atoms with van der Waals surface area (Å²) in [6.45, 7) is 8.40. The minimum atomic E-state index is -0.134. The van der Waals surface area contributed by atoms with E-state index in [-0.39, 0.29) is 6.03 Å². The quantitative estimate of drug-likeness (QED) is 0.735. The molecule has 8 nitrogen and oxygen atoms in total. The molecule has 0 saturated carbocycles. The molecular formula is C24H31ClN6O2. The van der Waals surface area contributed by atoms with Crippen LogP contribution in [-0.4, -0.2) is 66.8 Å². The Morgan fingerprint density at radius 1 is 1.09 bits per heavy atom. The smallest absolute Gasteiger partial charge is 0.322 e. The molecule has 1 aromatic carbocycles. The van der Waals surface area contributed by atoms with Crippen LogP contribution in [0.25, 0.3) is 0 Å². The van der Waals surface area contributed by atoms with Gasteiger partial charge in [-0.15, -0.1) is 0 Å². The second-order valence-electron chi connectivity index (χ2n) is 9.15. The Balaban J connectivity index is 1.40. The van der Waals surface area contributed by atoms with E-state index < -0.39 is 0 Å². The number of fused-ring (bicyclic) bond motifs is 1. The lowest BCUT2D eigenvalue weighted by Gasteiger charge is -2.36. The molecule has 0 radical (unpaired) electrons. The van der Waals surface area contributed by atoms with Crippen molar-refractivity contribution in [2.75, 3.05) is 61.1 Å². The molecule has 3 aliphatic heterocycles. The lowest BCUT2D eigenvalue weighted by atomic mass is 9.99. The van der Waals surface area contributed by atoms with Gasteiger partial charge >= 0.3 is 6.03 Å². The molecule has 0 aliphatic carbocycles. The minimum absolute atomic E-state index is 0.134. The molecule has 0 atom stereocenters. The predicted molar refractivity (Wildman–Crippen MR) is 130 cm³/mol. The first kappa shape index (κ1) is 22.2. The van der Waals surface area contributed by atoms with Crippen LogP contribution in [0.1, 0.15) is 31.0 Å². The van der Waals surface area contributed by atoms with Crippen LogP contribution >= 0.6 is 11.6 Å². The highest BCUT2D eigenvalue weighted by molar-refractivity contribution is 6.30. The number of ether oxygens (including phenoxy) is 1. The zero-order chi connectivity index (χ0) is 22.8. The molecule has 2 amide bonds. The Hall–Kier alpha value is -2.58. The number of halogens is 1. The van der Waals surface area contributed by atoms with Gasteiger partial charge in [-0.1, -0.05) is 24.6 Å². The molecule has 4 heterocycles. The van der Waals surface area contributed by atoms with Crippen LogP contribution in [0.4, 0.5) is 22.2 Å². The van der Waals surface area contributed by atoms with Crippen molar-refractivity contribution >= 4 is 35.1 Å². The molecule has 5 rings (SSSR count). The van der Waals surface area contributed by atoms with Gasteiger partial charge in [0.05, 0.1) is 25.5 Å². The molecule has 2 aromatic rings. The molecule has 2 saturated heterocycles. The van der Waals surface area contributed by atoms with E-state index in [9.17, 15) is 4.79 Å². The van der Waals surface area contributed by atoms with Gasteiger partial charge in [-0.25, -0.2) is 9.78 Å². The summed E-state index contributed by atoms with van der Waals surface area (Å²) in [6, 6.07) is 7.09. The summed E-state index contributed by atoms with van der Waals surface area (Å²) in [4.78, 5) is 29.5. The number of nitrogens with zero attached hydrogens (tertiary/aromatic N) is 5. The van der Waals surface area contributed by atoms with Crippen molar-refractivity contribution in [3.63, 3.8) is 0 Å². The number of hydrogen-bond donors (Lipinski definition) is 1. The topological polar surface area (TPSA) is 73.8 Å². The summed E-state index contributed by atoms with van der Waals surface area (Å²) in [5.41, 5.74) is 2.81. The van der Waals surface area contributed by atoms with Gasteiger partial charge in [0.2, 0.25) is 5.95 Å². The number of morpholine rings is 1. The summed E-state index contributed by atoms with van der Waals surface area (Å²) >= 11 is 6.07. The highest BCUT2D eigenvalue weighted by atomic mass is 35.5. The Kier molecular flexibility index (Phi) is 6.55. The highest BCUT2D eigenvalue weighted by Gasteiger charge is 2.30. The van der Waals surface area contributed by atoms with E-state index in [4.69, 9.17) is 26.3 Å². The summed E-state index contributed by atoms with van der Waals surface area (Å²) in [5, 5.41) is 3.57. The predicted octanol–water partition coefficient (Wildman–Crippen LogP) is 3.79. The summed E-state index contributed by atoms with van der Waals surface area (Å²) in [5.74, 6) is 2.54. The van der Waals surface area contributed by atoms with Gasteiger partial charge in [-0.3, -0.25) is 0 Å². The SMILES string of the molecule is CC1CCN(c2nc3c(c(N4CCOCC4)n2)CN(C(=O)Nc2cccc(Cl)c2)CC3)CC1. The van der Waals surface area contributed by atoms with E-state index in [2.05, 4.69) is 22.0 Å². The third-order valence-electron chi connectivity index (χ3n) is 6.77. The lowest BCUT2D eigenvalue weighted by Crippen LogP contribution is -2.43. The number of anilines is 3. The molecule has 2 fully saturated rings. The maximum Gasteiger partial charge on any atom is 0.322 e. The number of hydrogen-bond acceptors (Lipinski definition) is 6. The van der Waals surface area contributed by atoms with E-state index in [0.29, 0.717) is 37.0 Å². The number of benzene rings is 1. The van der Waals surface area contributed by atoms with Gasteiger partial charge in [0.25, 0.3) is 0 Å². The molecule has 176 valence electrons. The number of nitrogens with one attached hydrogen (secondary N) is 1. The number of amides is 2. The molecule has 0 bridgehead atoms. The van der Waals surface area contributed by atoms with Crippen LogP contribution in [-0.2, 0) is 17.7 Å². The fraction of sp³-hybridized carbons (Fsp3) is 0.542. The van der Waals surface area contributed by atoms with Gasteiger partial charge in [0.15, 0.2) is 0 Å². The van der Waals surface area contributed by atoms with E-state index in [1.54, 1.807) is 12.1 Å². The number of carbonyl (C=O) groups excluding carboxylic acids is 1. The normalized spacial score (nSPS) is 19.4. The van der Waals surface area contributed by atoms with Crippen LogP contribution in [0.15, 0.2) is 24.3 Å². The largest absolute Gasteiger partial charge is 0.378 e. The third kappa shape index (κ3) is 5.01. The van der Waals surface area contributed by atoms with Gasteiger partial charge < -0.3 is 24.8 Å². The molecule has 3 aliphatic rings. The number of urea groups is 1. The minimum Gasteiger partial charge on any atom is -0.378 e. The monoisotopic (exact) mass is 470 g/mol. The van der Waals surface area contributed by atoms with Crippen molar-refractivity contribution in [1.82, 2.24) is 14.9 Å². The first-order valence-corrected chi connectivity index (χ1v) is 12.2. The zero-order valence-electron chi connectivity index (χ0n) is 19.1. The Morgan fingerprint density at radius 2 is 1.88 bits per heavy atom. The summed E-state index contributed by atoms with van der Waals surface area (Å²) < 4.78 is 5.58.